The lowest BCUT2D eigenvalue weighted by Crippen LogP contribution is -2.33. The van der Waals surface area contributed by atoms with Crippen LogP contribution in [-0.4, -0.2) is 41.3 Å². The molecular formula is C16H17NO3. The van der Waals surface area contributed by atoms with Crippen molar-refractivity contribution >= 4 is 11.6 Å². The number of aliphatic hydroxyl groups excluding tert-OH is 1. The molecule has 0 saturated heterocycles. The number of allylic oxidation sites excluding steroid dienone is 3. The smallest absolute Gasteiger partial charge is 0.202 e. The van der Waals surface area contributed by atoms with E-state index in [0.717, 1.165) is 12.0 Å². The Morgan fingerprint density at radius 2 is 1.75 bits per heavy atom. The minimum Gasteiger partial charge on any atom is -0.395 e. The van der Waals surface area contributed by atoms with Gasteiger partial charge < -0.3 is 10.0 Å². The largest absolute Gasteiger partial charge is 0.395 e. The third kappa shape index (κ3) is 3.65. The number of hydrogen-bond donors (Lipinski definition) is 1. The molecule has 4 heteroatoms. The molecular weight excluding hydrogens is 254 g/mol. The SMILES string of the molecule is O=C1C=CC(=O)C(N(CCO)CCc2ccccc2)=C1. The average Bonchev–Trinajstić information content (AvgIpc) is 2.47. The molecule has 0 bridgehead atoms. The molecule has 0 atom stereocenters. The molecule has 0 unspecified atom stereocenters. The lowest BCUT2D eigenvalue weighted by Gasteiger charge is -2.26. The Labute approximate surface area is 118 Å². The first kappa shape index (κ1) is 14.2. The first-order valence-electron chi connectivity index (χ1n) is 6.58. The summed E-state index contributed by atoms with van der Waals surface area (Å²) in [6, 6.07) is 9.90. The highest BCUT2D eigenvalue weighted by Gasteiger charge is 2.19. The molecule has 0 aliphatic heterocycles. The maximum atomic E-state index is 11.8. The van der Waals surface area contributed by atoms with Gasteiger partial charge in [0, 0.05) is 19.2 Å². The molecule has 0 spiro atoms. The second-order valence-corrected chi connectivity index (χ2v) is 4.58. The van der Waals surface area contributed by atoms with Gasteiger partial charge in [-0.15, -0.1) is 0 Å². The molecule has 0 amide bonds. The maximum Gasteiger partial charge on any atom is 0.202 e. The topological polar surface area (TPSA) is 57.6 Å². The van der Waals surface area contributed by atoms with E-state index in [2.05, 4.69) is 0 Å². The van der Waals surface area contributed by atoms with Crippen molar-refractivity contribution in [1.29, 1.82) is 0 Å². The third-order valence-corrected chi connectivity index (χ3v) is 3.15. The van der Waals surface area contributed by atoms with E-state index in [-0.39, 0.29) is 18.2 Å². The fourth-order valence-corrected chi connectivity index (χ4v) is 2.13. The highest BCUT2D eigenvalue weighted by molar-refractivity contribution is 6.16. The summed E-state index contributed by atoms with van der Waals surface area (Å²) >= 11 is 0. The summed E-state index contributed by atoms with van der Waals surface area (Å²) in [5.41, 5.74) is 1.52. The van der Waals surface area contributed by atoms with Crippen molar-refractivity contribution < 1.29 is 14.7 Å². The van der Waals surface area contributed by atoms with E-state index in [9.17, 15) is 9.59 Å². The molecule has 0 aromatic heterocycles. The van der Waals surface area contributed by atoms with Crippen LogP contribution in [0.4, 0.5) is 0 Å². The van der Waals surface area contributed by atoms with E-state index >= 15 is 0 Å². The van der Waals surface area contributed by atoms with Gasteiger partial charge in [0.15, 0.2) is 5.78 Å². The van der Waals surface area contributed by atoms with Gasteiger partial charge in [-0.05, 0) is 24.1 Å². The van der Waals surface area contributed by atoms with E-state index in [1.54, 1.807) is 4.90 Å². The number of aliphatic hydroxyl groups is 1. The van der Waals surface area contributed by atoms with Crippen LogP contribution in [0, 0.1) is 0 Å². The first-order chi connectivity index (χ1) is 9.70. The van der Waals surface area contributed by atoms with E-state index in [4.69, 9.17) is 5.11 Å². The summed E-state index contributed by atoms with van der Waals surface area (Å²) in [7, 11) is 0. The molecule has 0 saturated carbocycles. The van der Waals surface area contributed by atoms with Gasteiger partial charge in [-0.25, -0.2) is 0 Å². The monoisotopic (exact) mass is 271 g/mol. The first-order valence-corrected chi connectivity index (χ1v) is 6.58. The molecule has 20 heavy (non-hydrogen) atoms. The molecule has 1 aromatic rings. The lowest BCUT2D eigenvalue weighted by molar-refractivity contribution is -0.115. The summed E-state index contributed by atoms with van der Waals surface area (Å²) in [4.78, 5) is 25.0. The standard InChI is InChI=1S/C16H17NO3/c18-11-10-17(9-8-13-4-2-1-3-5-13)15-12-14(19)6-7-16(15)20/h1-7,12,18H,8-11H2. The van der Waals surface area contributed by atoms with Gasteiger partial charge in [0.2, 0.25) is 5.78 Å². The Morgan fingerprint density at radius 3 is 2.45 bits per heavy atom. The number of benzene rings is 1. The summed E-state index contributed by atoms with van der Waals surface area (Å²) in [5, 5.41) is 9.13. The molecule has 0 heterocycles. The van der Waals surface area contributed by atoms with Crippen LogP contribution in [0.25, 0.3) is 0 Å². The summed E-state index contributed by atoms with van der Waals surface area (Å²) in [6.45, 7) is 0.867. The zero-order chi connectivity index (χ0) is 14.4. The molecule has 2 rings (SSSR count). The zero-order valence-electron chi connectivity index (χ0n) is 11.2. The third-order valence-electron chi connectivity index (χ3n) is 3.15. The minimum atomic E-state index is -0.192. The Morgan fingerprint density at radius 1 is 1.00 bits per heavy atom. The predicted octanol–water partition coefficient (Wildman–Crippen LogP) is 1.12. The van der Waals surface area contributed by atoms with Crippen LogP contribution in [-0.2, 0) is 16.0 Å². The predicted molar refractivity (Wildman–Crippen MR) is 76.0 cm³/mol. The van der Waals surface area contributed by atoms with Crippen molar-refractivity contribution in [2.75, 3.05) is 19.7 Å². The quantitative estimate of drug-likeness (QED) is 0.788. The number of hydrogen-bond acceptors (Lipinski definition) is 4. The highest BCUT2D eigenvalue weighted by atomic mass is 16.3. The van der Waals surface area contributed by atoms with Gasteiger partial charge in [-0.1, -0.05) is 30.3 Å². The van der Waals surface area contributed by atoms with Gasteiger partial charge in [0.05, 0.1) is 12.3 Å². The fourth-order valence-electron chi connectivity index (χ4n) is 2.13. The van der Waals surface area contributed by atoms with Crippen LogP contribution in [0.2, 0.25) is 0 Å². The Hall–Kier alpha value is -2.20. The summed E-state index contributed by atoms with van der Waals surface area (Å²) in [5.74, 6) is -0.381. The van der Waals surface area contributed by atoms with E-state index in [1.165, 1.54) is 18.2 Å². The number of nitrogens with zero attached hydrogens (tertiary/aromatic N) is 1. The minimum absolute atomic E-state index is 0.0582. The maximum absolute atomic E-state index is 11.8. The van der Waals surface area contributed by atoms with Crippen molar-refractivity contribution in [3.8, 4) is 0 Å². The van der Waals surface area contributed by atoms with Crippen LogP contribution >= 0.6 is 0 Å². The normalized spacial score (nSPS) is 14.3. The molecule has 0 fully saturated rings. The van der Waals surface area contributed by atoms with Gasteiger partial charge >= 0.3 is 0 Å². The number of rotatable bonds is 6. The van der Waals surface area contributed by atoms with Crippen LogP contribution in [0.3, 0.4) is 0 Å². The lowest BCUT2D eigenvalue weighted by atomic mass is 10.1. The molecule has 1 aromatic carbocycles. The second kappa shape index (κ2) is 6.82. The Balaban J connectivity index is 2.07. The van der Waals surface area contributed by atoms with Gasteiger partial charge in [0.1, 0.15) is 0 Å². The Bertz CT molecular complexity index is 546. The van der Waals surface area contributed by atoms with Crippen molar-refractivity contribution in [1.82, 2.24) is 4.90 Å². The second-order valence-electron chi connectivity index (χ2n) is 4.58. The van der Waals surface area contributed by atoms with Crippen LogP contribution in [0.5, 0.6) is 0 Å². The van der Waals surface area contributed by atoms with Gasteiger partial charge in [-0.3, -0.25) is 9.59 Å². The van der Waals surface area contributed by atoms with Crippen molar-refractivity contribution in [2.45, 2.75) is 6.42 Å². The van der Waals surface area contributed by atoms with Crippen LogP contribution in [0.1, 0.15) is 5.56 Å². The van der Waals surface area contributed by atoms with E-state index < -0.39 is 0 Å². The highest BCUT2D eigenvalue weighted by Crippen LogP contribution is 2.12. The van der Waals surface area contributed by atoms with Crippen molar-refractivity contribution in [3.63, 3.8) is 0 Å². The number of ketones is 2. The average molecular weight is 271 g/mol. The van der Waals surface area contributed by atoms with E-state index in [1.807, 2.05) is 30.3 Å². The van der Waals surface area contributed by atoms with Gasteiger partial charge in [-0.2, -0.15) is 0 Å². The summed E-state index contributed by atoms with van der Waals surface area (Å²) < 4.78 is 0. The molecule has 4 nitrogen and oxygen atoms in total. The Kier molecular flexibility index (Phi) is 4.85. The molecule has 1 N–H and O–H groups in total. The molecule has 104 valence electrons. The number of carbonyl (C=O) groups excluding carboxylic acids is 2. The number of carbonyl (C=O) groups is 2. The summed E-state index contributed by atoms with van der Waals surface area (Å²) in [6.07, 6.45) is 4.64. The molecule has 1 aliphatic rings. The van der Waals surface area contributed by atoms with Crippen molar-refractivity contribution in [2.24, 2.45) is 0 Å². The van der Waals surface area contributed by atoms with Crippen LogP contribution in [0.15, 0.2) is 54.3 Å². The van der Waals surface area contributed by atoms with Crippen LogP contribution < -0.4 is 0 Å². The van der Waals surface area contributed by atoms with Crippen molar-refractivity contribution in [3.05, 3.63) is 59.8 Å². The molecule has 1 aliphatic carbocycles. The molecule has 0 radical (unpaired) electrons. The zero-order valence-corrected chi connectivity index (χ0v) is 11.2. The van der Waals surface area contributed by atoms with E-state index in [0.29, 0.717) is 18.8 Å². The fraction of sp³-hybridized carbons (Fsp3) is 0.250. The van der Waals surface area contributed by atoms with Gasteiger partial charge in [0.25, 0.3) is 0 Å².